The molecule has 1 amide bonds. The summed E-state index contributed by atoms with van der Waals surface area (Å²) in [6.07, 6.45) is 0. The van der Waals surface area contributed by atoms with E-state index in [2.05, 4.69) is 5.32 Å². The van der Waals surface area contributed by atoms with E-state index >= 15 is 0 Å². The SMILES string of the molecule is C[C@@H](C(=O)NCc1ccccc1)[S@](=O)Cc1cccc(F)c1. The highest BCUT2D eigenvalue weighted by molar-refractivity contribution is 7.85. The minimum absolute atomic E-state index is 0.164. The van der Waals surface area contributed by atoms with Gasteiger partial charge in [-0.3, -0.25) is 9.00 Å². The second-order valence-electron chi connectivity index (χ2n) is 5.00. The largest absolute Gasteiger partial charge is 0.351 e. The molecule has 2 aromatic carbocycles. The summed E-state index contributed by atoms with van der Waals surface area (Å²) in [6.45, 7) is 2.02. The number of carbonyl (C=O) groups excluding carboxylic acids is 1. The van der Waals surface area contributed by atoms with Crippen molar-refractivity contribution >= 4 is 16.7 Å². The van der Waals surface area contributed by atoms with E-state index in [1.807, 2.05) is 30.3 Å². The van der Waals surface area contributed by atoms with E-state index in [9.17, 15) is 13.4 Å². The summed E-state index contributed by atoms with van der Waals surface area (Å²) >= 11 is 0. The Hall–Kier alpha value is -2.01. The fourth-order valence-corrected chi connectivity index (χ4v) is 3.04. The van der Waals surface area contributed by atoms with E-state index in [-0.39, 0.29) is 17.5 Å². The standard InChI is InChI=1S/C17H18FNO2S/c1-13(17(20)19-11-14-6-3-2-4-7-14)22(21)12-15-8-5-9-16(18)10-15/h2-10,13H,11-12H2,1H3,(H,19,20)/t13-,22+/m0/s1. The van der Waals surface area contributed by atoms with Crippen molar-refractivity contribution in [2.45, 2.75) is 24.5 Å². The normalized spacial score (nSPS) is 13.4. The molecule has 0 bridgehead atoms. The molecule has 22 heavy (non-hydrogen) atoms. The van der Waals surface area contributed by atoms with Gasteiger partial charge in [-0.25, -0.2) is 4.39 Å². The van der Waals surface area contributed by atoms with Crippen LogP contribution in [0.25, 0.3) is 0 Å². The van der Waals surface area contributed by atoms with Gasteiger partial charge >= 0.3 is 0 Å². The lowest BCUT2D eigenvalue weighted by Crippen LogP contribution is -2.35. The van der Waals surface area contributed by atoms with Crippen LogP contribution >= 0.6 is 0 Å². The molecule has 2 rings (SSSR count). The molecule has 0 saturated heterocycles. The smallest absolute Gasteiger partial charge is 0.235 e. The molecular formula is C17H18FNO2S. The lowest BCUT2D eigenvalue weighted by Gasteiger charge is -2.12. The van der Waals surface area contributed by atoms with Gasteiger partial charge in [0.15, 0.2) is 0 Å². The van der Waals surface area contributed by atoms with Crippen molar-refractivity contribution in [2.75, 3.05) is 0 Å². The van der Waals surface area contributed by atoms with Crippen LogP contribution in [0.4, 0.5) is 4.39 Å². The van der Waals surface area contributed by atoms with E-state index in [4.69, 9.17) is 0 Å². The zero-order valence-electron chi connectivity index (χ0n) is 12.3. The number of rotatable bonds is 6. The van der Waals surface area contributed by atoms with E-state index < -0.39 is 16.0 Å². The Morgan fingerprint density at radius 3 is 2.50 bits per heavy atom. The summed E-state index contributed by atoms with van der Waals surface area (Å²) in [4.78, 5) is 12.0. The Balaban J connectivity index is 1.88. The van der Waals surface area contributed by atoms with E-state index in [0.717, 1.165) is 5.56 Å². The topological polar surface area (TPSA) is 46.2 Å². The molecule has 0 unspecified atom stereocenters. The highest BCUT2D eigenvalue weighted by atomic mass is 32.2. The maximum Gasteiger partial charge on any atom is 0.235 e. The van der Waals surface area contributed by atoms with Crippen LogP contribution in [0.5, 0.6) is 0 Å². The lowest BCUT2D eigenvalue weighted by atomic mass is 10.2. The minimum atomic E-state index is -1.39. The Morgan fingerprint density at radius 2 is 1.82 bits per heavy atom. The number of halogens is 1. The fraction of sp³-hybridized carbons (Fsp3) is 0.235. The van der Waals surface area contributed by atoms with Gasteiger partial charge in [0.2, 0.25) is 5.91 Å². The molecule has 0 heterocycles. The molecule has 0 aliphatic carbocycles. The maximum absolute atomic E-state index is 13.1. The summed E-state index contributed by atoms with van der Waals surface area (Å²) in [5.74, 6) is -0.466. The monoisotopic (exact) mass is 319 g/mol. The molecule has 1 N–H and O–H groups in total. The van der Waals surface area contributed by atoms with Crippen LogP contribution in [0.15, 0.2) is 54.6 Å². The number of hydrogen-bond donors (Lipinski definition) is 1. The number of amides is 1. The van der Waals surface area contributed by atoms with E-state index in [0.29, 0.717) is 12.1 Å². The zero-order valence-corrected chi connectivity index (χ0v) is 13.1. The van der Waals surface area contributed by atoms with Crippen LogP contribution in [0.2, 0.25) is 0 Å². The third-order valence-electron chi connectivity index (χ3n) is 3.27. The van der Waals surface area contributed by atoms with Gasteiger partial charge in [-0.2, -0.15) is 0 Å². The van der Waals surface area contributed by atoms with Gasteiger partial charge in [-0.1, -0.05) is 42.5 Å². The van der Waals surface area contributed by atoms with Crippen molar-refractivity contribution in [1.29, 1.82) is 0 Å². The highest BCUT2D eigenvalue weighted by Gasteiger charge is 2.20. The number of carbonyl (C=O) groups is 1. The first-order valence-corrected chi connectivity index (χ1v) is 8.37. The van der Waals surface area contributed by atoms with Crippen LogP contribution in [0.1, 0.15) is 18.1 Å². The predicted octanol–water partition coefficient (Wildman–Crippen LogP) is 2.78. The molecule has 3 nitrogen and oxygen atoms in total. The van der Waals surface area contributed by atoms with E-state index in [1.165, 1.54) is 12.1 Å². The molecule has 0 saturated carbocycles. The average Bonchev–Trinajstić information content (AvgIpc) is 2.53. The van der Waals surface area contributed by atoms with Crippen molar-refractivity contribution in [3.8, 4) is 0 Å². The van der Waals surface area contributed by atoms with Crippen molar-refractivity contribution in [2.24, 2.45) is 0 Å². The van der Waals surface area contributed by atoms with Crippen molar-refractivity contribution < 1.29 is 13.4 Å². The molecule has 5 heteroatoms. The van der Waals surface area contributed by atoms with Gasteiger partial charge in [0.25, 0.3) is 0 Å². The molecular weight excluding hydrogens is 301 g/mol. The molecule has 116 valence electrons. The van der Waals surface area contributed by atoms with Gasteiger partial charge in [-0.05, 0) is 30.2 Å². The fourth-order valence-electron chi connectivity index (χ4n) is 1.96. The first-order valence-electron chi connectivity index (χ1n) is 6.99. The highest BCUT2D eigenvalue weighted by Crippen LogP contribution is 2.10. The second-order valence-corrected chi connectivity index (χ2v) is 6.76. The zero-order chi connectivity index (χ0) is 15.9. The molecule has 0 aromatic heterocycles. The molecule has 0 aliphatic rings. The molecule has 0 spiro atoms. The van der Waals surface area contributed by atoms with Crippen LogP contribution in [0.3, 0.4) is 0 Å². The van der Waals surface area contributed by atoms with Crippen LogP contribution < -0.4 is 5.32 Å². The van der Waals surface area contributed by atoms with Crippen molar-refractivity contribution in [1.82, 2.24) is 5.32 Å². The van der Waals surface area contributed by atoms with Crippen LogP contribution in [0, 0.1) is 5.82 Å². The molecule has 2 atom stereocenters. The van der Waals surface area contributed by atoms with Crippen molar-refractivity contribution in [3.05, 3.63) is 71.5 Å². The maximum atomic E-state index is 13.1. The molecule has 2 aromatic rings. The summed E-state index contributed by atoms with van der Waals surface area (Å²) in [5.41, 5.74) is 1.61. The summed E-state index contributed by atoms with van der Waals surface area (Å²) < 4.78 is 25.3. The molecule has 0 radical (unpaired) electrons. The van der Waals surface area contributed by atoms with Crippen LogP contribution in [-0.4, -0.2) is 15.4 Å². The van der Waals surface area contributed by atoms with Crippen LogP contribution in [-0.2, 0) is 27.9 Å². The van der Waals surface area contributed by atoms with Gasteiger partial charge in [0, 0.05) is 23.1 Å². The minimum Gasteiger partial charge on any atom is -0.351 e. The summed E-state index contributed by atoms with van der Waals surface area (Å²) in [6, 6.07) is 15.5. The third-order valence-corrected chi connectivity index (χ3v) is 4.89. The van der Waals surface area contributed by atoms with Gasteiger partial charge < -0.3 is 5.32 Å². The first-order chi connectivity index (χ1) is 10.6. The predicted molar refractivity (Wildman–Crippen MR) is 86.0 cm³/mol. The molecule has 0 aliphatic heterocycles. The second kappa shape index (κ2) is 7.84. The number of nitrogens with one attached hydrogen (secondary N) is 1. The Labute approximate surface area is 132 Å². The third kappa shape index (κ3) is 4.77. The van der Waals surface area contributed by atoms with Gasteiger partial charge in [0.05, 0.1) is 0 Å². The Morgan fingerprint density at radius 1 is 1.14 bits per heavy atom. The van der Waals surface area contributed by atoms with Gasteiger partial charge in [-0.15, -0.1) is 0 Å². The quantitative estimate of drug-likeness (QED) is 0.890. The molecule has 0 fully saturated rings. The van der Waals surface area contributed by atoms with Gasteiger partial charge in [0.1, 0.15) is 11.1 Å². The number of hydrogen-bond acceptors (Lipinski definition) is 2. The van der Waals surface area contributed by atoms with Crippen molar-refractivity contribution in [3.63, 3.8) is 0 Å². The summed E-state index contributed by atoms with van der Waals surface area (Å²) in [7, 11) is -1.39. The summed E-state index contributed by atoms with van der Waals surface area (Å²) in [5, 5.41) is 2.12. The lowest BCUT2D eigenvalue weighted by molar-refractivity contribution is -0.120. The average molecular weight is 319 g/mol. The number of benzene rings is 2. The Kier molecular flexibility index (Phi) is 5.83. The first kappa shape index (κ1) is 16.4. The Bertz CT molecular complexity index is 661. The van der Waals surface area contributed by atoms with E-state index in [1.54, 1.807) is 19.1 Å².